The molecule has 118 valence electrons. The maximum absolute atomic E-state index is 5.59. The van der Waals surface area contributed by atoms with Crippen LogP contribution in [0.4, 0.5) is 0 Å². The first-order valence-electron chi connectivity index (χ1n) is 8.46. The average Bonchev–Trinajstić information content (AvgIpc) is 2.87. The van der Waals surface area contributed by atoms with Gasteiger partial charge < -0.3 is 10.1 Å². The molecule has 0 aromatic heterocycles. The molecule has 1 atom stereocenters. The second kappa shape index (κ2) is 7.31. The molecular formula is C19H31NO. The van der Waals surface area contributed by atoms with E-state index >= 15 is 0 Å². The van der Waals surface area contributed by atoms with E-state index in [2.05, 4.69) is 51.2 Å². The molecule has 1 aromatic rings. The van der Waals surface area contributed by atoms with Crippen LogP contribution in [0.25, 0.3) is 0 Å². The predicted octanol–water partition coefficient (Wildman–Crippen LogP) is 4.36. The van der Waals surface area contributed by atoms with Crippen molar-refractivity contribution in [3.8, 4) is 5.75 Å². The summed E-state index contributed by atoms with van der Waals surface area (Å²) in [6.07, 6.45) is 5.89. The zero-order valence-electron chi connectivity index (χ0n) is 14.2. The van der Waals surface area contributed by atoms with E-state index in [1.807, 2.05) is 0 Å². The topological polar surface area (TPSA) is 21.3 Å². The molecule has 0 aliphatic carbocycles. The summed E-state index contributed by atoms with van der Waals surface area (Å²) in [4.78, 5) is 0. The lowest BCUT2D eigenvalue weighted by Gasteiger charge is -2.27. The minimum atomic E-state index is 0.386. The van der Waals surface area contributed by atoms with E-state index < -0.39 is 0 Å². The number of benzene rings is 1. The lowest BCUT2D eigenvalue weighted by Crippen LogP contribution is -2.34. The molecule has 0 radical (unpaired) electrons. The fourth-order valence-corrected chi connectivity index (χ4v) is 3.10. The van der Waals surface area contributed by atoms with Gasteiger partial charge in [-0.1, -0.05) is 39.8 Å². The van der Waals surface area contributed by atoms with E-state index in [1.54, 1.807) is 0 Å². The van der Waals surface area contributed by atoms with Crippen molar-refractivity contribution in [2.24, 2.45) is 5.41 Å². The van der Waals surface area contributed by atoms with Gasteiger partial charge in [-0.25, -0.2) is 0 Å². The van der Waals surface area contributed by atoms with Gasteiger partial charge in [-0.05, 0) is 54.8 Å². The highest BCUT2D eigenvalue weighted by Gasteiger charge is 2.18. The molecule has 1 aliphatic heterocycles. The highest BCUT2D eigenvalue weighted by atomic mass is 16.5. The van der Waals surface area contributed by atoms with Crippen LogP contribution < -0.4 is 10.1 Å². The number of fused-ring (bicyclic) bond motifs is 1. The first kappa shape index (κ1) is 16.4. The lowest BCUT2D eigenvalue weighted by molar-refractivity contribution is 0.298. The second-order valence-corrected chi connectivity index (χ2v) is 7.50. The van der Waals surface area contributed by atoms with Crippen LogP contribution in [0.15, 0.2) is 18.2 Å². The van der Waals surface area contributed by atoms with Gasteiger partial charge in [0.1, 0.15) is 5.75 Å². The normalized spacial score (nSPS) is 15.6. The fourth-order valence-electron chi connectivity index (χ4n) is 3.10. The van der Waals surface area contributed by atoms with Gasteiger partial charge in [0.25, 0.3) is 0 Å². The van der Waals surface area contributed by atoms with Gasteiger partial charge >= 0.3 is 0 Å². The maximum atomic E-state index is 5.59. The summed E-state index contributed by atoms with van der Waals surface area (Å²) in [5, 5.41) is 3.72. The Bertz CT molecular complexity index is 447. The molecule has 1 aliphatic rings. The maximum Gasteiger partial charge on any atom is 0.122 e. The third kappa shape index (κ3) is 5.35. The van der Waals surface area contributed by atoms with E-state index in [9.17, 15) is 0 Å². The van der Waals surface area contributed by atoms with Crippen LogP contribution in [-0.4, -0.2) is 19.2 Å². The molecule has 21 heavy (non-hydrogen) atoms. The summed E-state index contributed by atoms with van der Waals surface area (Å²) < 4.78 is 5.59. The number of nitrogens with one attached hydrogen (secondary N) is 1. The first-order valence-corrected chi connectivity index (χ1v) is 8.46. The van der Waals surface area contributed by atoms with Gasteiger partial charge in [0.2, 0.25) is 0 Å². The molecule has 0 saturated carbocycles. The highest BCUT2D eigenvalue weighted by Crippen LogP contribution is 2.27. The van der Waals surface area contributed by atoms with Gasteiger partial charge in [0.05, 0.1) is 6.61 Å². The van der Waals surface area contributed by atoms with E-state index in [0.29, 0.717) is 11.5 Å². The Morgan fingerprint density at radius 1 is 1.29 bits per heavy atom. The number of hydrogen-bond donors (Lipinski definition) is 1. The van der Waals surface area contributed by atoms with E-state index in [-0.39, 0.29) is 0 Å². The smallest absolute Gasteiger partial charge is 0.122 e. The van der Waals surface area contributed by atoms with Crippen molar-refractivity contribution in [1.82, 2.24) is 5.32 Å². The number of ether oxygens (including phenoxy) is 1. The quantitative estimate of drug-likeness (QED) is 0.805. The second-order valence-electron chi connectivity index (χ2n) is 7.50. The van der Waals surface area contributed by atoms with Crippen LogP contribution >= 0.6 is 0 Å². The number of rotatable bonds is 7. The Labute approximate surface area is 130 Å². The third-order valence-corrected chi connectivity index (χ3v) is 4.08. The monoisotopic (exact) mass is 289 g/mol. The van der Waals surface area contributed by atoms with Gasteiger partial charge in [0, 0.05) is 12.5 Å². The molecule has 0 fully saturated rings. The summed E-state index contributed by atoms with van der Waals surface area (Å²) in [5.74, 6) is 1.09. The largest absolute Gasteiger partial charge is 0.493 e. The van der Waals surface area contributed by atoms with Crippen LogP contribution in [-0.2, 0) is 12.8 Å². The van der Waals surface area contributed by atoms with E-state index in [1.165, 1.54) is 30.4 Å². The van der Waals surface area contributed by atoms with Crippen molar-refractivity contribution in [3.63, 3.8) is 0 Å². The number of hydrogen-bond acceptors (Lipinski definition) is 2. The van der Waals surface area contributed by atoms with Crippen LogP contribution in [0.5, 0.6) is 5.75 Å². The van der Waals surface area contributed by atoms with Gasteiger partial charge in [-0.2, -0.15) is 0 Å². The SMILES string of the molecule is CCCNC(CCc1ccc2c(c1)CCO2)CC(C)(C)C. The molecule has 2 nitrogen and oxygen atoms in total. The lowest BCUT2D eigenvalue weighted by atomic mass is 9.86. The van der Waals surface area contributed by atoms with Crippen molar-refractivity contribution in [1.29, 1.82) is 0 Å². The fraction of sp³-hybridized carbons (Fsp3) is 0.684. The highest BCUT2D eigenvalue weighted by molar-refractivity contribution is 5.39. The van der Waals surface area contributed by atoms with Crippen molar-refractivity contribution in [2.75, 3.05) is 13.2 Å². The minimum Gasteiger partial charge on any atom is -0.493 e. The zero-order valence-corrected chi connectivity index (χ0v) is 14.2. The Hall–Kier alpha value is -1.02. The standard InChI is InChI=1S/C19H31NO/c1-5-11-20-17(14-19(2,3)4)8-6-15-7-9-18-16(13-15)10-12-21-18/h7,9,13,17,20H,5-6,8,10-12,14H2,1-4H3. The Morgan fingerprint density at radius 2 is 2.10 bits per heavy atom. The molecular weight excluding hydrogens is 258 g/mol. The molecule has 0 spiro atoms. The molecule has 1 heterocycles. The molecule has 0 saturated heterocycles. The van der Waals surface area contributed by atoms with E-state index in [4.69, 9.17) is 4.74 Å². The molecule has 0 bridgehead atoms. The third-order valence-electron chi connectivity index (χ3n) is 4.08. The molecule has 2 rings (SSSR count). The van der Waals surface area contributed by atoms with Gasteiger partial charge in [-0.15, -0.1) is 0 Å². The predicted molar refractivity (Wildman–Crippen MR) is 90.1 cm³/mol. The Morgan fingerprint density at radius 3 is 2.81 bits per heavy atom. The Balaban J connectivity index is 1.91. The van der Waals surface area contributed by atoms with Crippen molar-refractivity contribution in [2.45, 2.75) is 65.8 Å². The molecule has 0 amide bonds. The van der Waals surface area contributed by atoms with Gasteiger partial charge in [-0.3, -0.25) is 0 Å². The zero-order chi connectivity index (χ0) is 15.3. The van der Waals surface area contributed by atoms with Crippen molar-refractivity contribution < 1.29 is 4.74 Å². The minimum absolute atomic E-state index is 0.386. The van der Waals surface area contributed by atoms with Crippen molar-refractivity contribution in [3.05, 3.63) is 29.3 Å². The van der Waals surface area contributed by atoms with Crippen molar-refractivity contribution >= 4 is 0 Å². The average molecular weight is 289 g/mol. The van der Waals surface area contributed by atoms with Crippen LogP contribution in [0.2, 0.25) is 0 Å². The summed E-state index contributed by atoms with van der Waals surface area (Å²) >= 11 is 0. The summed E-state index contributed by atoms with van der Waals surface area (Å²) in [6, 6.07) is 7.35. The van der Waals surface area contributed by atoms with Crippen LogP contribution in [0.3, 0.4) is 0 Å². The first-order chi connectivity index (χ1) is 9.98. The molecule has 1 aromatic carbocycles. The molecule has 1 N–H and O–H groups in total. The molecule has 1 unspecified atom stereocenters. The molecule has 2 heteroatoms. The Kier molecular flexibility index (Phi) is 5.69. The van der Waals surface area contributed by atoms with Crippen LogP contribution in [0.1, 0.15) is 58.1 Å². The summed E-state index contributed by atoms with van der Waals surface area (Å²) in [6.45, 7) is 11.2. The van der Waals surface area contributed by atoms with E-state index in [0.717, 1.165) is 31.7 Å². The summed E-state index contributed by atoms with van der Waals surface area (Å²) in [5.41, 5.74) is 3.23. The number of aryl methyl sites for hydroxylation is 1. The van der Waals surface area contributed by atoms with Crippen LogP contribution in [0, 0.1) is 5.41 Å². The summed E-state index contributed by atoms with van der Waals surface area (Å²) in [7, 11) is 0. The van der Waals surface area contributed by atoms with Gasteiger partial charge in [0.15, 0.2) is 0 Å².